The summed E-state index contributed by atoms with van der Waals surface area (Å²) >= 11 is 0. The van der Waals surface area contributed by atoms with Gasteiger partial charge in [0.1, 0.15) is 0 Å². The Morgan fingerprint density at radius 1 is 1.50 bits per heavy atom. The van der Waals surface area contributed by atoms with Crippen LogP contribution in [0.15, 0.2) is 23.1 Å². The van der Waals surface area contributed by atoms with E-state index < -0.39 is 5.97 Å². The number of aryl methyl sites for hydroxylation is 1. The van der Waals surface area contributed by atoms with Gasteiger partial charge in [0.2, 0.25) is 0 Å². The normalized spacial score (nSPS) is 10.6. The van der Waals surface area contributed by atoms with Crippen LogP contribution in [0.5, 0.6) is 5.75 Å². The van der Waals surface area contributed by atoms with Crippen LogP contribution in [0.1, 0.15) is 26.7 Å². The van der Waals surface area contributed by atoms with E-state index in [0.29, 0.717) is 31.2 Å². The smallest absolute Gasteiger partial charge is 0.303 e. The van der Waals surface area contributed by atoms with Crippen molar-refractivity contribution in [3.63, 3.8) is 0 Å². The molecule has 0 unspecified atom stereocenters. The molecule has 5 heteroatoms. The number of carboxylic acid groups (broad SMARTS) is 1. The zero-order valence-corrected chi connectivity index (χ0v) is 10.8. The lowest BCUT2D eigenvalue weighted by Gasteiger charge is -2.10. The van der Waals surface area contributed by atoms with Gasteiger partial charge in [-0.05, 0) is 24.5 Å². The van der Waals surface area contributed by atoms with E-state index in [9.17, 15) is 9.59 Å². The van der Waals surface area contributed by atoms with Crippen molar-refractivity contribution < 1.29 is 14.6 Å². The Kier molecular flexibility index (Phi) is 5.42. The van der Waals surface area contributed by atoms with E-state index in [1.54, 1.807) is 18.3 Å². The number of carbonyl (C=O) groups is 1. The summed E-state index contributed by atoms with van der Waals surface area (Å²) < 4.78 is 6.90. The van der Waals surface area contributed by atoms with Gasteiger partial charge in [-0.25, -0.2) is 0 Å². The number of rotatable bonds is 7. The van der Waals surface area contributed by atoms with E-state index in [1.165, 1.54) is 4.57 Å². The van der Waals surface area contributed by atoms with E-state index >= 15 is 0 Å². The van der Waals surface area contributed by atoms with Crippen LogP contribution in [-0.4, -0.2) is 22.2 Å². The van der Waals surface area contributed by atoms with Gasteiger partial charge in [-0.15, -0.1) is 0 Å². The first-order chi connectivity index (χ1) is 8.50. The highest BCUT2D eigenvalue weighted by Crippen LogP contribution is 2.05. The third kappa shape index (κ3) is 4.61. The number of ether oxygens (including phenoxy) is 1. The Morgan fingerprint density at radius 2 is 2.22 bits per heavy atom. The minimum atomic E-state index is -0.852. The molecule has 1 heterocycles. The molecule has 18 heavy (non-hydrogen) atoms. The molecule has 0 aliphatic heterocycles. The zero-order chi connectivity index (χ0) is 13.5. The maximum absolute atomic E-state index is 11.9. The standard InChI is InChI=1S/C13H19NO4/c1-10(2)9-18-11-5-3-7-14(13(11)17)8-4-6-12(15)16/h3,5,7,10H,4,6,8-9H2,1-2H3,(H,15,16). The largest absolute Gasteiger partial charge is 0.488 e. The molecule has 0 bridgehead atoms. The average molecular weight is 253 g/mol. The molecular formula is C13H19NO4. The number of aliphatic carboxylic acids is 1. The maximum Gasteiger partial charge on any atom is 0.303 e. The Bertz CT molecular complexity index is 451. The van der Waals surface area contributed by atoms with Crippen LogP contribution in [0.4, 0.5) is 0 Å². The second-order valence-corrected chi connectivity index (χ2v) is 4.57. The molecule has 0 amide bonds. The molecule has 0 aliphatic carbocycles. The third-order valence-corrected chi connectivity index (χ3v) is 2.35. The number of aromatic nitrogens is 1. The lowest BCUT2D eigenvalue weighted by molar-refractivity contribution is -0.137. The Balaban J connectivity index is 2.66. The highest BCUT2D eigenvalue weighted by molar-refractivity contribution is 5.66. The van der Waals surface area contributed by atoms with E-state index in [2.05, 4.69) is 0 Å². The predicted octanol–water partition coefficient (Wildman–Crippen LogP) is 1.75. The van der Waals surface area contributed by atoms with Crippen molar-refractivity contribution in [2.45, 2.75) is 33.2 Å². The van der Waals surface area contributed by atoms with Crippen molar-refractivity contribution in [1.82, 2.24) is 4.57 Å². The number of carboxylic acids is 1. The molecule has 1 rings (SSSR count). The third-order valence-electron chi connectivity index (χ3n) is 2.35. The molecule has 0 saturated carbocycles. The summed E-state index contributed by atoms with van der Waals surface area (Å²) in [6, 6.07) is 3.37. The molecular weight excluding hydrogens is 234 g/mol. The molecule has 0 saturated heterocycles. The van der Waals surface area contributed by atoms with Crippen molar-refractivity contribution in [2.24, 2.45) is 5.92 Å². The fourth-order valence-electron chi connectivity index (χ4n) is 1.46. The molecule has 0 atom stereocenters. The number of pyridine rings is 1. The van der Waals surface area contributed by atoms with Crippen LogP contribution in [0.2, 0.25) is 0 Å². The molecule has 5 nitrogen and oxygen atoms in total. The fraction of sp³-hybridized carbons (Fsp3) is 0.538. The quantitative estimate of drug-likeness (QED) is 0.803. The molecule has 0 aromatic carbocycles. The lowest BCUT2D eigenvalue weighted by atomic mass is 10.2. The minimum absolute atomic E-state index is 0.0590. The highest BCUT2D eigenvalue weighted by Gasteiger charge is 2.06. The first-order valence-electron chi connectivity index (χ1n) is 6.04. The van der Waals surface area contributed by atoms with Crippen LogP contribution < -0.4 is 10.3 Å². The number of hydrogen-bond acceptors (Lipinski definition) is 3. The van der Waals surface area contributed by atoms with Gasteiger partial charge in [-0.1, -0.05) is 13.8 Å². The van der Waals surface area contributed by atoms with E-state index in [4.69, 9.17) is 9.84 Å². The molecule has 1 N–H and O–H groups in total. The van der Waals surface area contributed by atoms with Crippen molar-refractivity contribution >= 4 is 5.97 Å². The lowest BCUT2D eigenvalue weighted by Crippen LogP contribution is -2.22. The minimum Gasteiger partial charge on any atom is -0.488 e. The van der Waals surface area contributed by atoms with E-state index in [0.717, 1.165) is 0 Å². The average Bonchev–Trinajstić information content (AvgIpc) is 2.29. The van der Waals surface area contributed by atoms with Crippen molar-refractivity contribution in [2.75, 3.05) is 6.61 Å². The van der Waals surface area contributed by atoms with Crippen LogP contribution in [0.25, 0.3) is 0 Å². The van der Waals surface area contributed by atoms with Gasteiger partial charge in [0, 0.05) is 19.2 Å². The number of hydrogen-bond donors (Lipinski definition) is 1. The monoisotopic (exact) mass is 253 g/mol. The molecule has 0 fully saturated rings. The summed E-state index contributed by atoms with van der Waals surface area (Å²) in [6.07, 6.45) is 2.14. The van der Waals surface area contributed by atoms with Gasteiger partial charge < -0.3 is 14.4 Å². The maximum atomic E-state index is 11.9. The summed E-state index contributed by atoms with van der Waals surface area (Å²) in [5.74, 6) is -0.179. The van der Waals surface area contributed by atoms with Gasteiger partial charge in [0.25, 0.3) is 5.56 Å². The summed E-state index contributed by atoms with van der Waals surface area (Å²) in [5, 5.41) is 8.55. The topological polar surface area (TPSA) is 68.5 Å². The van der Waals surface area contributed by atoms with Crippen LogP contribution in [0.3, 0.4) is 0 Å². The van der Waals surface area contributed by atoms with E-state index in [-0.39, 0.29) is 12.0 Å². The van der Waals surface area contributed by atoms with Crippen molar-refractivity contribution in [3.8, 4) is 5.75 Å². The van der Waals surface area contributed by atoms with Crippen LogP contribution in [0, 0.1) is 5.92 Å². The SMILES string of the molecule is CC(C)COc1cccn(CCCC(=O)O)c1=O. The molecule has 0 aliphatic rings. The summed E-state index contributed by atoms with van der Waals surface area (Å²) in [6.45, 7) is 4.90. The molecule has 0 spiro atoms. The number of nitrogens with zero attached hydrogens (tertiary/aromatic N) is 1. The second kappa shape index (κ2) is 6.83. The predicted molar refractivity (Wildman–Crippen MR) is 67.9 cm³/mol. The zero-order valence-electron chi connectivity index (χ0n) is 10.8. The summed E-state index contributed by atoms with van der Waals surface area (Å²) in [5.41, 5.74) is -0.205. The Hall–Kier alpha value is -1.78. The highest BCUT2D eigenvalue weighted by atomic mass is 16.5. The fourth-order valence-corrected chi connectivity index (χ4v) is 1.46. The molecule has 0 radical (unpaired) electrons. The Labute approximate surface area is 106 Å². The molecule has 1 aromatic rings. The summed E-state index contributed by atoms with van der Waals surface area (Å²) in [7, 11) is 0. The van der Waals surface area contributed by atoms with Gasteiger partial charge in [-0.2, -0.15) is 0 Å². The van der Waals surface area contributed by atoms with Crippen molar-refractivity contribution in [3.05, 3.63) is 28.7 Å². The van der Waals surface area contributed by atoms with Gasteiger partial charge in [-0.3, -0.25) is 9.59 Å². The second-order valence-electron chi connectivity index (χ2n) is 4.57. The van der Waals surface area contributed by atoms with Crippen LogP contribution in [-0.2, 0) is 11.3 Å². The first kappa shape index (κ1) is 14.3. The van der Waals surface area contributed by atoms with Crippen LogP contribution >= 0.6 is 0 Å². The first-order valence-corrected chi connectivity index (χ1v) is 6.04. The van der Waals surface area contributed by atoms with Crippen molar-refractivity contribution in [1.29, 1.82) is 0 Å². The molecule has 1 aromatic heterocycles. The Morgan fingerprint density at radius 3 is 2.83 bits per heavy atom. The molecule has 100 valence electrons. The van der Waals surface area contributed by atoms with E-state index in [1.807, 2.05) is 13.8 Å². The van der Waals surface area contributed by atoms with Gasteiger partial charge in [0.15, 0.2) is 5.75 Å². The van der Waals surface area contributed by atoms with Gasteiger partial charge >= 0.3 is 5.97 Å². The van der Waals surface area contributed by atoms with Gasteiger partial charge in [0.05, 0.1) is 6.61 Å². The summed E-state index contributed by atoms with van der Waals surface area (Å²) in [4.78, 5) is 22.4.